The molecule has 0 heterocycles. The average molecular weight is 351 g/mol. The molecule has 26 heavy (non-hydrogen) atoms. The summed E-state index contributed by atoms with van der Waals surface area (Å²) < 4.78 is 5.51. The summed E-state index contributed by atoms with van der Waals surface area (Å²) >= 11 is 0. The lowest BCUT2D eigenvalue weighted by Gasteiger charge is -2.37. The number of ether oxygens (including phenoxy) is 1. The predicted molar refractivity (Wildman–Crippen MR) is 103 cm³/mol. The smallest absolute Gasteiger partial charge is 0.330 e. The Balaban J connectivity index is 1.44. The number of hydrogen-bond donors (Lipinski definition) is 0. The van der Waals surface area contributed by atoms with Crippen molar-refractivity contribution in [2.45, 2.75) is 70.3 Å². The van der Waals surface area contributed by atoms with Crippen molar-refractivity contribution in [3.8, 4) is 6.07 Å². The molecule has 0 aromatic heterocycles. The minimum atomic E-state index is -0.195. The van der Waals surface area contributed by atoms with E-state index in [1.165, 1.54) is 50.2 Å². The fourth-order valence-corrected chi connectivity index (χ4v) is 4.77. The van der Waals surface area contributed by atoms with Crippen LogP contribution in [0.25, 0.3) is 0 Å². The third-order valence-electron chi connectivity index (χ3n) is 6.25. The molecule has 0 spiro atoms. The van der Waals surface area contributed by atoms with Gasteiger partial charge in [0.25, 0.3) is 0 Å². The molecule has 0 atom stereocenters. The van der Waals surface area contributed by atoms with Crippen molar-refractivity contribution in [3.05, 3.63) is 47.5 Å². The van der Waals surface area contributed by atoms with Crippen LogP contribution in [0.3, 0.4) is 0 Å². The van der Waals surface area contributed by atoms with Gasteiger partial charge in [-0.25, -0.2) is 4.79 Å². The van der Waals surface area contributed by atoms with E-state index in [0.717, 1.165) is 30.2 Å². The molecule has 0 amide bonds. The molecule has 0 aliphatic heterocycles. The van der Waals surface area contributed by atoms with Crippen LogP contribution in [-0.2, 0) is 9.53 Å². The van der Waals surface area contributed by atoms with Gasteiger partial charge < -0.3 is 4.74 Å². The zero-order valence-corrected chi connectivity index (χ0v) is 15.7. The Labute approximate surface area is 157 Å². The maximum Gasteiger partial charge on any atom is 0.330 e. The maximum atomic E-state index is 11.6. The van der Waals surface area contributed by atoms with Crippen molar-refractivity contribution in [1.82, 2.24) is 0 Å². The average Bonchev–Trinajstić information content (AvgIpc) is 2.69. The number of nitrogens with zero attached hydrogens (tertiary/aromatic N) is 1. The van der Waals surface area contributed by atoms with Gasteiger partial charge in [0.2, 0.25) is 0 Å². The highest BCUT2D eigenvalue weighted by Crippen LogP contribution is 2.43. The molecule has 1 aromatic carbocycles. The summed E-state index contributed by atoms with van der Waals surface area (Å²) in [5.74, 6) is 2.08. The van der Waals surface area contributed by atoms with Crippen molar-refractivity contribution < 1.29 is 9.53 Å². The third kappa shape index (κ3) is 4.75. The van der Waals surface area contributed by atoms with Crippen LogP contribution in [0.1, 0.15) is 75.3 Å². The Morgan fingerprint density at radius 2 is 1.58 bits per heavy atom. The highest BCUT2D eigenvalue weighted by atomic mass is 16.5. The number of allylic oxidation sites excluding steroid dienone is 1. The third-order valence-corrected chi connectivity index (χ3v) is 6.25. The Bertz CT molecular complexity index is 654. The number of carbonyl (C=O) groups excluding carboxylic acids is 1. The van der Waals surface area contributed by atoms with E-state index in [-0.39, 0.29) is 12.1 Å². The summed E-state index contributed by atoms with van der Waals surface area (Å²) in [4.78, 5) is 11.6. The molecule has 138 valence electrons. The van der Waals surface area contributed by atoms with Crippen LogP contribution in [-0.4, -0.2) is 12.1 Å². The highest BCUT2D eigenvalue weighted by molar-refractivity contribution is 5.81. The minimum Gasteiger partial charge on any atom is -0.459 e. The number of carbonyl (C=O) groups is 1. The lowest BCUT2D eigenvalue weighted by atomic mass is 9.69. The van der Waals surface area contributed by atoms with Crippen molar-refractivity contribution in [2.75, 3.05) is 0 Å². The van der Waals surface area contributed by atoms with E-state index in [1.807, 2.05) is 19.1 Å². The second-order valence-electron chi connectivity index (χ2n) is 7.82. The van der Waals surface area contributed by atoms with Crippen molar-refractivity contribution >= 4 is 5.97 Å². The second kappa shape index (κ2) is 9.03. The molecule has 0 radical (unpaired) electrons. The molecule has 0 unspecified atom stereocenters. The first-order chi connectivity index (χ1) is 12.7. The normalized spacial score (nSPS) is 29.2. The van der Waals surface area contributed by atoms with E-state index < -0.39 is 0 Å². The van der Waals surface area contributed by atoms with E-state index in [4.69, 9.17) is 10.00 Å². The van der Waals surface area contributed by atoms with Gasteiger partial charge in [-0.05, 0) is 93.7 Å². The Hall–Kier alpha value is -2.08. The van der Waals surface area contributed by atoms with Crippen LogP contribution in [0.15, 0.2) is 36.4 Å². The summed E-state index contributed by atoms with van der Waals surface area (Å²) in [6.45, 7) is 1.84. The molecule has 0 bridgehead atoms. The van der Waals surface area contributed by atoms with Gasteiger partial charge in [0.1, 0.15) is 6.10 Å². The highest BCUT2D eigenvalue weighted by Gasteiger charge is 2.32. The zero-order chi connectivity index (χ0) is 18.4. The summed E-state index contributed by atoms with van der Waals surface area (Å²) in [6.07, 6.45) is 12.9. The SMILES string of the molecule is CC=CC(=O)OC1CCC(C2CCC(c3ccc(C#N)cc3)CC2)CC1. The minimum absolute atomic E-state index is 0.116. The molecule has 0 saturated heterocycles. The number of nitriles is 1. The van der Waals surface area contributed by atoms with Gasteiger partial charge in [0, 0.05) is 6.08 Å². The van der Waals surface area contributed by atoms with Gasteiger partial charge in [-0.1, -0.05) is 18.2 Å². The van der Waals surface area contributed by atoms with Gasteiger partial charge in [-0.15, -0.1) is 0 Å². The van der Waals surface area contributed by atoms with Crippen LogP contribution >= 0.6 is 0 Å². The fraction of sp³-hybridized carbons (Fsp3) is 0.565. The lowest BCUT2D eigenvalue weighted by Crippen LogP contribution is -2.29. The molecule has 2 aliphatic rings. The first kappa shape index (κ1) is 18.7. The largest absolute Gasteiger partial charge is 0.459 e. The standard InChI is InChI=1S/C23H29NO2/c1-2-3-23(25)26-22-14-12-21(13-15-22)20-10-8-19(9-11-20)18-6-4-17(16-24)5-7-18/h2-7,19-22H,8-15H2,1H3. The van der Waals surface area contributed by atoms with Crippen molar-refractivity contribution in [3.63, 3.8) is 0 Å². The van der Waals surface area contributed by atoms with Crippen molar-refractivity contribution in [1.29, 1.82) is 5.26 Å². The van der Waals surface area contributed by atoms with Crippen LogP contribution in [0.5, 0.6) is 0 Å². The number of esters is 1. The van der Waals surface area contributed by atoms with Crippen LogP contribution < -0.4 is 0 Å². The van der Waals surface area contributed by atoms with Gasteiger partial charge in [0.05, 0.1) is 11.6 Å². The Morgan fingerprint density at radius 1 is 1.00 bits per heavy atom. The monoisotopic (exact) mass is 351 g/mol. The molecule has 2 saturated carbocycles. The van der Waals surface area contributed by atoms with Gasteiger partial charge in [-0.3, -0.25) is 0 Å². The van der Waals surface area contributed by atoms with Gasteiger partial charge in [0.15, 0.2) is 0 Å². The van der Waals surface area contributed by atoms with Crippen LogP contribution in [0.2, 0.25) is 0 Å². The number of rotatable bonds is 4. The summed E-state index contributed by atoms with van der Waals surface area (Å²) in [6, 6.07) is 10.3. The lowest BCUT2D eigenvalue weighted by molar-refractivity contribution is -0.145. The van der Waals surface area contributed by atoms with E-state index >= 15 is 0 Å². The molecular weight excluding hydrogens is 322 g/mol. The second-order valence-corrected chi connectivity index (χ2v) is 7.82. The van der Waals surface area contributed by atoms with Crippen LogP contribution in [0, 0.1) is 23.2 Å². The first-order valence-electron chi connectivity index (χ1n) is 10.0. The topological polar surface area (TPSA) is 50.1 Å². The van der Waals surface area contributed by atoms with E-state index in [1.54, 1.807) is 6.08 Å². The molecule has 3 heteroatoms. The van der Waals surface area contributed by atoms with Crippen LogP contribution in [0.4, 0.5) is 0 Å². The molecule has 0 N–H and O–H groups in total. The van der Waals surface area contributed by atoms with Gasteiger partial charge in [-0.2, -0.15) is 5.26 Å². The summed E-state index contributed by atoms with van der Waals surface area (Å²) in [5.41, 5.74) is 2.14. The molecule has 3 nitrogen and oxygen atoms in total. The fourth-order valence-electron chi connectivity index (χ4n) is 4.77. The molecule has 2 aliphatic carbocycles. The zero-order valence-electron chi connectivity index (χ0n) is 15.7. The first-order valence-corrected chi connectivity index (χ1v) is 10.0. The molecule has 2 fully saturated rings. The number of benzene rings is 1. The molecule has 1 aromatic rings. The predicted octanol–water partition coefficient (Wildman–Crippen LogP) is 5.51. The van der Waals surface area contributed by atoms with E-state index in [0.29, 0.717) is 5.92 Å². The maximum absolute atomic E-state index is 11.6. The summed E-state index contributed by atoms with van der Waals surface area (Å²) in [7, 11) is 0. The van der Waals surface area contributed by atoms with E-state index in [9.17, 15) is 4.79 Å². The number of hydrogen-bond acceptors (Lipinski definition) is 3. The summed E-state index contributed by atoms with van der Waals surface area (Å²) in [5, 5.41) is 8.93. The van der Waals surface area contributed by atoms with Crippen molar-refractivity contribution in [2.24, 2.45) is 11.8 Å². The quantitative estimate of drug-likeness (QED) is 0.531. The molecular formula is C23H29NO2. The molecule has 3 rings (SSSR count). The van der Waals surface area contributed by atoms with Gasteiger partial charge >= 0.3 is 5.97 Å². The Kier molecular flexibility index (Phi) is 6.50. The Morgan fingerprint density at radius 3 is 2.12 bits per heavy atom. The van der Waals surface area contributed by atoms with E-state index in [2.05, 4.69) is 18.2 Å².